The molecule has 16 heavy (non-hydrogen) atoms. The minimum absolute atomic E-state index is 0.147. The first-order chi connectivity index (χ1) is 7.40. The summed E-state index contributed by atoms with van der Waals surface area (Å²) in [6.07, 6.45) is -0.0580. The lowest BCUT2D eigenvalue weighted by Crippen LogP contribution is -2.46. The van der Waals surface area contributed by atoms with Gasteiger partial charge in [-0.2, -0.15) is 0 Å². The van der Waals surface area contributed by atoms with Crippen molar-refractivity contribution >= 4 is 0 Å². The Balaban J connectivity index is 2.45. The summed E-state index contributed by atoms with van der Waals surface area (Å²) in [7, 11) is 1.75. The van der Waals surface area contributed by atoms with Gasteiger partial charge in [-0.3, -0.25) is 0 Å². The molecule has 4 atom stereocenters. The van der Waals surface area contributed by atoms with Gasteiger partial charge in [-0.05, 0) is 37.6 Å². The van der Waals surface area contributed by atoms with Crippen LogP contribution in [-0.2, 0) is 0 Å². The number of rotatable bonds is 4. The number of hydrogen-bond acceptors (Lipinski definition) is 2. The maximum absolute atomic E-state index is 12.2. The molecule has 1 fully saturated rings. The van der Waals surface area contributed by atoms with E-state index in [1.54, 1.807) is 11.9 Å². The van der Waals surface area contributed by atoms with Gasteiger partial charge in [0.15, 0.2) is 0 Å². The predicted octanol–water partition coefficient (Wildman–Crippen LogP) is 2.19. The summed E-state index contributed by atoms with van der Waals surface area (Å²) in [6, 6.07) is 0.166. The van der Waals surface area contributed by atoms with E-state index in [4.69, 9.17) is 5.73 Å². The summed E-state index contributed by atoms with van der Waals surface area (Å²) < 4.78 is 24.4. The highest BCUT2D eigenvalue weighted by molar-refractivity contribution is 4.86. The predicted molar refractivity (Wildman–Crippen MR) is 62.5 cm³/mol. The molecule has 4 heteroatoms. The quantitative estimate of drug-likeness (QED) is 0.808. The van der Waals surface area contributed by atoms with E-state index in [1.165, 1.54) is 6.42 Å². The first-order valence-corrected chi connectivity index (χ1v) is 6.12. The van der Waals surface area contributed by atoms with E-state index in [-0.39, 0.29) is 12.6 Å². The van der Waals surface area contributed by atoms with Crippen molar-refractivity contribution < 1.29 is 8.78 Å². The van der Waals surface area contributed by atoms with Gasteiger partial charge in [0.05, 0.1) is 6.54 Å². The molecule has 96 valence electrons. The molecule has 0 saturated heterocycles. The summed E-state index contributed by atoms with van der Waals surface area (Å²) in [4.78, 5) is 1.71. The molecule has 1 aliphatic carbocycles. The Morgan fingerprint density at radius 1 is 1.31 bits per heavy atom. The third kappa shape index (κ3) is 3.98. The SMILES string of the molecule is CC1CC(C)C(CN(C)CC(F)F)C(N)C1. The highest BCUT2D eigenvalue weighted by Crippen LogP contribution is 2.33. The summed E-state index contributed by atoms with van der Waals surface area (Å²) in [5, 5.41) is 0. The Kier molecular flexibility index (Phi) is 5.12. The smallest absolute Gasteiger partial charge is 0.251 e. The molecule has 1 aliphatic rings. The first-order valence-electron chi connectivity index (χ1n) is 6.12. The van der Waals surface area contributed by atoms with Gasteiger partial charge in [0.1, 0.15) is 0 Å². The summed E-state index contributed by atoms with van der Waals surface area (Å²) in [6.45, 7) is 4.96. The van der Waals surface area contributed by atoms with Crippen LogP contribution in [0, 0.1) is 17.8 Å². The van der Waals surface area contributed by atoms with Crippen LogP contribution in [0.15, 0.2) is 0 Å². The zero-order chi connectivity index (χ0) is 12.3. The van der Waals surface area contributed by atoms with Crippen LogP contribution >= 0.6 is 0 Å². The molecule has 1 saturated carbocycles. The molecular formula is C12H24F2N2. The third-order valence-corrected chi connectivity index (χ3v) is 3.70. The van der Waals surface area contributed by atoms with Gasteiger partial charge in [0, 0.05) is 12.6 Å². The van der Waals surface area contributed by atoms with Crippen molar-refractivity contribution in [2.75, 3.05) is 20.1 Å². The van der Waals surface area contributed by atoms with Crippen LogP contribution < -0.4 is 5.73 Å². The van der Waals surface area contributed by atoms with E-state index in [9.17, 15) is 8.78 Å². The van der Waals surface area contributed by atoms with Gasteiger partial charge in [-0.25, -0.2) is 8.78 Å². The monoisotopic (exact) mass is 234 g/mol. The molecule has 1 rings (SSSR count). The molecule has 0 heterocycles. The van der Waals surface area contributed by atoms with E-state index >= 15 is 0 Å². The highest BCUT2D eigenvalue weighted by Gasteiger charge is 2.32. The van der Waals surface area contributed by atoms with Gasteiger partial charge in [-0.1, -0.05) is 13.8 Å². The van der Waals surface area contributed by atoms with E-state index in [0.717, 1.165) is 6.42 Å². The Bertz CT molecular complexity index is 199. The lowest BCUT2D eigenvalue weighted by molar-refractivity contribution is 0.0710. The number of halogens is 2. The average Bonchev–Trinajstić information content (AvgIpc) is 2.09. The van der Waals surface area contributed by atoms with Crippen molar-refractivity contribution in [3.63, 3.8) is 0 Å². The van der Waals surface area contributed by atoms with Crippen LogP contribution in [0.1, 0.15) is 26.7 Å². The first kappa shape index (κ1) is 13.8. The Morgan fingerprint density at radius 3 is 2.44 bits per heavy atom. The molecule has 4 unspecified atom stereocenters. The molecule has 0 spiro atoms. The van der Waals surface area contributed by atoms with Crippen LogP contribution in [0.5, 0.6) is 0 Å². The normalized spacial score (nSPS) is 36.0. The standard InChI is InChI=1S/C12H24F2N2/c1-8-4-9(2)10(11(15)5-8)6-16(3)7-12(13)14/h8-12H,4-7,15H2,1-3H3. The van der Waals surface area contributed by atoms with Gasteiger partial charge >= 0.3 is 0 Å². The van der Waals surface area contributed by atoms with Crippen LogP contribution in [0.2, 0.25) is 0 Å². The fourth-order valence-electron chi connectivity index (χ4n) is 2.95. The molecule has 0 aromatic carbocycles. The van der Waals surface area contributed by atoms with Crippen molar-refractivity contribution in [2.24, 2.45) is 23.5 Å². The second kappa shape index (κ2) is 5.92. The molecule has 0 bridgehead atoms. The molecule has 2 N–H and O–H groups in total. The Hall–Kier alpha value is -0.220. The Morgan fingerprint density at radius 2 is 1.94 bits per heavy atom. The van der Waals surface area contributed by atoms with Crippen molar-refractivity contribution in [1.82, 2.24) is 4.90 Å². The second-order valence-corrected chi connectivity index (χ2v) is 5.49. The third-order valence-electron chi connectivity index (χ3n) is 3.70. The van der Waals surface area contributed by atoms with Crippen LogP contribution in [0.4, 0.5) is 8.78 Å². The lowest BCUT2D eigenvalue weighted by atomic mass is 9.72. The van der Waals surface area contributed by atoms with E-state index < -0.39 is 6.43 Å². The molecular weight excluding hydrogens is 210 g/mol. The lowest BCUT2D eigenvalue weighted by Gasteiger charge is -2.39. The van der Waals surface area contributed by atoms with Gasteiger partial charge in [0.25, 0.3) is 6.43 Å². The summed E-state index contributed by atoms with van der Waals surface area (Å²) >= 11 is 0. The minimum Gasteiger partial charge on any atom is -0.327 e. The van der Waals surface area contributed by atoms with Crippen molar-refractivity contribution in [2.45, 2.75) is 39.2 Å². The fourth-order valence-corrected chi connectivity index (χ4v) is 2.95. The molecule has 2 nitrogen and oxygen atoms in total. The van der Waals surface area contributed by atoms with Gasteiger partial charge < -0.3 is 10.6 Å². The molecule has 0 aliphatic heterocycles. The van der Waals surface area contributed by atoms with Gasteiger partial charge in [-0.15, -0.1) is 0 Å². The van der Waals surface area contributed by atoms with E-state index in [2.05, 4.69) is 13.8 Å². The largest absolute Gasteiger partial charge is 0.327 e. The molecule has 0 amide bonds. The van der Waals surface area contributed by atoms with Crippen molar-refractivity contribution in [3.8, 4) is 0 Å². The summed E-state index contributed by atoms with van der Waals surface area (Å²) in [5.41, 5.74) is 6.12. The molecule has 0 aromatic heterocycles. The zero-order valence-electron chi connectivity index (χ0n) is 10.5. The molecule has 0 radical (unpaired) electrons. The van der Waals surface area contributed by atoms with Crippen LogP contribution in [0.25, 0.3) is 0 Å². The van der Waals surface area contributed by atoms with E-state index in [1.807, 2.05) is 0 Å². The van der Waals surface area contributed by atoms with Crippen molar-refractivity contribution in [3.05, 3.63) is 0 Å². The number of hydrogen-bond donors (Lipinski definition) is 1. The number of nitrogens with zero attached hydrogens (tertiary/aromatic N) is 1. The topological polar surface area (TPSA) is 29.3 Å². The summed E-state index contributed by atoms with van der Waals surface area (Å²) in [5.74, 6) is 1.57. The number of alkyl halides is 2. The van der Waals surface area contributed by atoms with Crippen LogP contribution in [-0.4, -0.2) is 37.5 Å². The maximum atomic E-state index is 12.2. The van der Waals surface area contributed by atoms with E-state index in [0.29, 0.717) is 24.3 Å². The van der Waals surface area contributed by atoms with Gasteiger partial charge in [0.2, 0.25) is 0 Å². The highest BCUT2D eigenvalue weighted by atomic mass is 19.3. The van der Waals surface area contributed by atoms with Crippen molar-refractivity contribution in [1.29, 1.82) is 0 Å². The second-order valence-electron chi connectivity index (χ2n) is 5.49. The zero-order valence-corrected chi connectivity index (χ0v) is 10.5. The maximum Gasteiger partial charge on any atom is 0.251 e. The minimum atomic E-state index is -2.25. The van der Waals surface area contributed by atoms with Crippen LogP contribution in [0.3, 0.4) is 0 Å². The molecule has 0 aromatic rings. The average molecular weight is 234 g/mol. The number of nitrogens with two attached hydrogens (primary N) is 1. The Labute approximate surface area is 97.2 Å². The fraction of sp³-hybridized carbons (Fsp3) is 1.00.